The number of methoxy groups -OCH3 is 1. The van der Waals surface area contributed by atoms with Crippen molar-refractivity contribution in [2.45, 2.75) is 33.2 Å². The van der Waals surface area contributed by atoms with Gasteiger partial charge in [0.15, 0.2) is 0 Å². The van der Waals surface area contributed by atoms with Crippen molar-refractivity contribution in [3.8, 4) is 5.75 Å². The van der Waals surface area contributed by atoms with Gasteiger partial charge in [-0.2, -0.15) is 0 Å². The van der Waals surface area contributed by atoms with Crippen LogP contribution < -0.4 is 10.1 Å². The second-order valence-corrected chi connectivity index (χ2v) is 7.49. The maximum absolute atomic E-state index is 5.70. The molecule has 1 aromatic carbocycles. The number of ether oxygens (including phenoxy) is 1. The normalized spacial score (nSPS) is 12.4. The van der Waals surface area contributed by atoms with E-state index in [1.54, 1.807) is 18.4 Å². The molecule has 2 aromatic rings. The van der Waals surface area contributed by atoms with Crippen LogP contribution in [0.4, 0.5) is 0 Å². The van der Waals surface area contributed by atoms with Gasteiger partial charge in [0.1, 0.15) is 5.75 Å². The fourth-order valence-corrected chi connectivity index (χ4v) is 3.68. The summed E-state index contributed by atoms with van der Waals surface area (Å²) >= 11 is 5.28. The molecule has 0 saturated heterocycles. The predicted octanol–water partition coefficient (Wildman–Crippen LogP) is 5.23. The maximum atomic E-state index is 5.70. The van der Waals surface area contributed by atoms with E-state index in [1.165, 1.54) is 22.3 Å². The fraction of sp³-hybridized carbons (Fsp3) is 0.412. The van der Waals surface area contributed by atoms with Crippen LogP contribution in [0, 0.1) is 13.8 Å². The Bertz CT molecular complexity index is 609. The van der Waals surface area contributed by atoms with Crippen molar-refractivity contribution >= 4 is 27.3 Å². The summed E-state index contributed by atoms with van der Waals surface area (Å²) in [4.78, 5) is 0. The Morgan fingerprint density at radius 1 is 1.33 bits per heavy atom. The van der Waals surface area contributed by atoms with Crippen LogP contribution in [0.15, 0.2) is 27.4 Å². The van der Waals surface area contributed by atoms with Gasteiger partial charge in [0.25, 0.3) is 0 Å². The Balaban J connectivity index is 2.48. The summed E-state index contributed by atoms with van der Waals surface area (Å²) in [6.07, 6.45) is 1.11. The van der Waals surface area contributed by atoms with Crippen LogP contribution in [0.5, 0.6) is 5.75 Å². The first-order chi connectivity index (χ1) is 10.1. The first-order valence-electron chi connectivity index (χ1n) is 7.19. The molecule has 1 N–H and O–H groups in total. The molecule has 0 amide bonds. The molecule has 0 aliphatic heterocycles. The topological polar surface area (TPSA) is 21.3 Å². The van der Waals surface area contributed by atoms with E-state index in [9.17, 15) is 0 Å². The summed E-state index contributed by atoms with van der Waals surface area (Å²) in [5, 5.41) is 5.84. The van der Waals surface area contributed by atoms with Crippen LogP contribution in [0.3, 0.4) is 0 Å². The predicted molar refractivity (Wildman–Crippen MR) is 94.6 cm³/mol. The van der Waals surface area contributed by atoms with Crippen molar-refractivity contribution in [3.63, 3.8) is 0 Å². The lowest BCUT2D eigenvalue weighted by molar-refractivity contribution is 0.400. The number of halogens is 1. The van der Waals surface area contributed by atoms with Crippen molar-refractivity contribution in [1.82, 2.24) is 5.32 Å². The molecule has 1 heterocycles. The van der Waals surface area contributed by atoms with E-state index < -0.39 is 0 Å². The van der Waals surface area contributed by atoms with Gasteiger partial charge >= 0.3 is 0 Å². The van der Waals surface area contributed by atoms with E-state index >= 15 is 0 Å². The standard InChI is InChI=1S/C17H22BrNOS/c1-5-8-19-16(13-9-15(18)21-10-13)14-7-6-11(2)12(3)17(14)20-4/h6-7,9-10,16,19H,5,8H2,1-4H3. The molecule has 2 rings (SSSR count). The average Bonchev–Trinajstić information content (AvgIpc) is 2.89. The van der Waals surface area contributed by atoms with Crippen LogP contribution in [-0.2, 0) is 0 Å². The van der Waals surface area contributed by atoms with Crippen molar-refractivity contribution in [2.24, 2.45) is 0 Å². The highest BCUT2D eigenvalue weighted by molar-refractivity contribution is 9.11. The number of nitrogens with one attached hydrogen (secondary N) is 1. The number of thiophene rings is 1. The molecular formula is C17H22BrNOS. The molecular weight excluding hydrogens is 346 g/mol. The van der Waals surface area contributed by atoms with Crippen LogP contribution in [0.2, 0.25) is 0 Å². The lowest BCUT2D eigenvalue weighted by Crippen LogP contribution is -2.23. The Kier molecular flexibility index (Phi) is 5.85. The van der Waals surface area contributed by atoms with E-state index in [0.717, 1.165) is 22.5 Å². The van der Waals surface area contributed by atoms with E-state index in [2.05, 4.69) is 65.6 Å². The molecule has 0 bridgehead atoms. The molecule has 0 saturated carbocycles. The monoisotopic (exact) mass is 367 g/mol. The Labute approximate surface area is 139 Å². The van der Waals surface area contributed by atoms with Gasteiger partial charge in [0.05, 0.1) is 16.9 Å². The highest BCUT2D eigenvalue weighted by Gasteiger charge is 2.20. The zero-order chi connectivity index (χ0) is 15.4. The largest absolute Gasteiger partial charge is 0.496 e. The van der Waals surface area contributed by atoms with Crippen LogP contribution in [-0.4, -0.2) is 13.7 Å². The van der Waals surface area contributed by atoms with Gasteiger partial charge in [-0.05, 0) is 70.9 Å². The molecule has 21 heavy (non-hydrogen) atoms. The lowest BCUT2D eigenvalue weighted by Gasteiger charge is -2.22. The Morgan fingerprint density at radius 3 is 2.67 bits per heavy atom. The lowest BCUT2D eigenvalue weighted by atomic mass is 9.95. The molecule has 2 nitrogen and oxygen atoms in total. The number of benzene rings is 1. The minimum absolute atomic E-state index is 0.168. The fourth-order valence-electron chi connectivity index (χ4n) is 2.48. The van der Waals surface area contributed by atoms with Gasteiger partial charge < -0.3 is 10.1 Å². The highest BCUT2D eigenvalue weighted by atomic mass is 79.9. The van der Waals surface area contributed by atoms with Gasteiger partial charge in [0.2, 0.25) is 0 Å². The number of aryl methyl sites for hydroxylation is 1. The van der Waals surface area contributed by atoms with Crippen LogP contribution in [0.25, 0.3) is 0 Å². The zero-order valence-electron chi connectivity index (χ0n) is 13.0. The average molecular weight is 368 g/mol. The van der Waals surface area contributed by atoms with E-state index in [4.69, 9.17) is 4.74 Å². The van der Waals surface area contributed by atoms with Crippen molar-refractivity contribution in [1.29, 1.82) is 0 Å². The van der Waals surface area contributed by atoms with Gasteiger partial charge in [0, 0.05) is 5.56 Å². The first-order valence-corrected chi connectivity index (χ1v) is 8.87. The zero-order valence-corrected chi connectivity index (χ0v) is 15.4. The quantitative estimate of drug-likeness (QED) is 0.754. The van der Waals surface area contributed by atoms with Gasteiger partial charge in [-0.1, -0.05) is 19.1 Å². The molecule has 0 aliphatic rings. The molecule has 0 spiro atoms. The summed E-state index contributed by atoms with van der Waals surface area (Å²) in [6, 6.07) is 6.71. The highest BCUT2D eigenvalue weighted by Crippen LogP contribution is 2.36. The maximum Gasteiger partial charge on any atom is 0.127 e. The summed E-state index contributed by atoms with van der Waals surface area (Å²) in [7, 11) is 1.76. The third-order valence-corrected chi connectivity index (χ3v) is 5.26. The molecule has 0 fully saturated rings. The first kappa shape index (κ1) is 16.5. The molecule has 4 heteroatoms. The van der Waals surface area contributed by atoms with Gasteiger partial charge in [-0.15, -0.1) is 11.3 Å². The molecule has 114 valence electrons. The molecule has 0 aliphatic carbocycles. The number of rotatable bonds is 6. The molecule has 0 radical (unpaired) electrons. The van der Waals surface area contributed by atoms with E-state index in [0.29, 0.717) is 0 Å². The van der Waals surface area contributed by atoms with Crippen molar-refractivity contribution in [2.75, 3.05) is 13.7 Å². The second-order valence-electron chi connectivity index (χ2n) is 5.20. The Hall–Kier alpha value is -0.840. The van der Waals surface area contributed by atoms with E-state index in [1.807, 2.05) is 0 Å². The third-order valence-electron chi connectivity index (χ3n) is 3.74. The summed E-state index contributed by atoms with van der Waals surface area (Å²) in [5.41, 5.74) is 4.96. The molecule has 1 atom stereocenters. The number of hydrogen-bond donors (Lipinski definition) is 1. The van der Waals surface area contributed by atoms with Crippen molar-refractivity contribution in [3.05, 3.63) is 49.6 Å². The van der Waals surface area contributed by atoms with Gasteiger partial charge in [-0.3, -0.25) is 0 Å². The second kappa shape index (κ2) is 7.43. The summed E-state index contributed by atoms with van der Waals surface area (Å²) in [6.45, 7) is 7.41. The minimum Gasteiger partial charge on any atom is -0.496 e. The van der Waals surface area contributed by atoms with Crippen molar-refractivity contribution < 1.29 is 4.74 Å². The van der Waals surface area contributed by atoms with E-state index in [-0.39, 0.29) is 6.04 Å². The third kappa shape index (κ3) is 3.68. The number of hydrogen-bond acceptors (Lipinski definition) is 3. The van der Waals surface area contributed by atoms with Gasteiger partial charge in [-0.25, -0.2) is 0 Å². The minimum atomic E-state index is 0.168. The SMILES string of the molecule is CCCNC(c1csc(Br)c1)c1ccc(C)c(C)c1OC. The smallest absolute Gasteiger partial charge is 0.127 e. The summed E-state index contributed by atoms with van der Waals surface area (Å²) < 4.78 is 6.85. The summed E-state index contributed by atoms with van der Waals surface area (Å²) in [5.74, 6) is 0.992. The van der Waals surface area contributed by atoms with Crippen LogP contribution in [0.1, 0.15) is 41.6 Å². The Morgan fingerprint density at radius 2 is 2.10 bits per heavy atom. The molecule has 1 aromatic heterocycles. The van der Waals surface area contributed by atoms with Crippen LogP contribution >= 0.6 is 27.3 Å². The molecule has 1 unspecified atom stereocenters.